The van der Waals surface area contributed by atoms with Gasteiger partial charge in [0.15, 0.2) is 5.84 Å². The highest BCUT2D eigenvalue weighted by Gasteiger charge is 2.15. The highest BCUT2D eigenvalue weighted by Crippen LogP contribution is 2.38. The molecule has 0 spiro atoms. The number of benzene rings is 8. The predicted molar refractivity (Wildman–Crippen MR) is 242 cm³/mol. The van der Waals surface area contributed by atoms with E-state index in [0.29, 0.717) is 12.3 Å². The molecule has 3 nitrogen and oxygen atoms in total. The van der Waals surface area contributed by atoms with E-state index in [0.717, 1.165) is 61.2 Å². The van der Waals surface area contributed by atoms with Crippen molar-refractivity contribution in [1.82, 2.24) is 4.98 Å². The highest BCUT2D eigenvalue weighted by molar-refractivity contribution is 6.14. The quantitative estimate of drug-likeness (QED) is 0.0828. The molecule has 0 amide bonds. The van der Waals surface area contributed by atoms with Crippen LogP contribution in [-0.4, -0.2) is 17.5 Å². The Balaban J connectivity index is 1.20. The van der Waals surface area contributed by atoms with Gasteiger partial charge in [0, 0.05) is 22.1 Å². The summed E-state index contributed by atoms with van der Waals surface area (Å²) in [5, 5.41) is 3.48. The first-order chi connectivity index (χ1) is 28.2. The van der Waals surface area contributed by atoms with Crippen molar-refractivity contribution in [3.8, 4) is 44.6 Å². The molecular weight excluding hydrogens is 691 g/mol. The Kier molecular flexibility index (Phi) is 9.94. The molecule has 0 saturated carbocycles. The Labute approximate surface area is 333 Å². The van der Waals surface area contributed by atoms with Gasteiger partial charge in [-0.2, -0.15) is 0 Å². The van der Waals surface area contributed by atoms with Gasteiger partial charge in [-0.25, -0.2) is 15.0 Å². The van der Waals surface area contributed by atoms with E-state index in [2.05, 4.69) is 212 Å². The van der Waals surface area contributed by atoms with Gasteiger partial charge in [0.25, 0.3) is 0 Å². The number of allylic oxidation sites excluding steroid dienone is 1. The molecule has 9 rings (SSSR count). The maximum atomic E-state index is 5.31. The topological polar surface area (TPSA) is 37.6 Å². The van der Waals surface area contributed by atoms with Gasteiger partial charge in [0.1, 0.15) is 0 Å². The van der Waals surface area contributed by atoms with E-state index >= 15 is 0 Å². The summed E-state index contributed by atoms with van der Waals surface area (Å²) in [6.07, 6.45) is 2.89. The van der Waals surface area contributed by atoms with Gasteiger partial charge in [0.2, 0.25) is 0 Å². The van der Waals surface area contributed by atoms with Crippen molar-refractivity contribution >= 4 is 39.9 Å². The molecule has 1 heterocycles. The van der Waals surface area contributed by atoms with Crippen molar-refractivity contribution in [1.29, 1.82) is 0 Å². The third-order valence-electron chi connectivity index (χ3n) is 10.4. The summed E-state index contributed by atoms with van der Waals surface area (Å²) >= 11 is 0. The zero-order valence-electron chi connectivity index (χ0n) is 31.5. The summed E-state index contributed by atoms with van der Waals surface area (Å²) in [7, 11) is 0. The van der Waals surface area contributed by atoms with Crippen molar-refractivity contribution in [3.05, 3.63) is 229 Å². The molecule has 57 heavy (non-hydrogen) atoms. The molecule has 0 aliphatic carbocycles. The van der Waals surface area contributed by atoms with Gasteiger partial charge >= 0.3 is 0 Å². The van der Waals surface area contributed by atoms with Crippen LogP contribution < -0.4 is 0 Å². The summed E-state index contributed by atoms with van der Waals surface area (Å²) < 4.78 is 0. The summed E-state index contributed by atoms with van der Waals surface area (Å²) in [6.45, 7) is 4.00. The van der Waals surface area contributed by atoms with Crippen molar-refractivity contribution in [3.63, 3.8) is 0 Å². The first-order valence-electron chi connectivity index (χ1n) is 19.2. The Morgan fingerprint density at radius 1 is 0.491 bits per heavy atom. The van der Waals surface area contributed by atoms with Crippen molar-refractivity contribution in [2.45, 2.75) is 6.42 Å². The second kappa shape index (κ2) is 16.1. The molecule has 0 radical (unpaired) electrons. The molecule has 8 aromatic carbocycles. The molecule has 270 valence electrons. The third-order valence-corrected chi connectivity index (χ3v) is 10.4. The van der Waals surface area contributed by atoms with Gasteiger partial charge in [-0.05, 0) is 87.1 Å². The van der Waals surface area contributed by atoms with Crippen LogP contribution in [0.2, 0.25) is 0 Å². The molecule has 0 aliphatic rings. The Bertz CT molecular complexity index is 2930. The fourth-order valence-corrected chi connectivity index (χ4v) is 7.56. The van der Waals surface area contributed by atoms with E-state index in [1.807, 2.05) is 12.1 Å². The first-order valence-corrected chi connectivity index (χ1v) is 19.2. The van der Waals surface area contributed by atoms with Gasteiger partial charge in [0.05, 0.1) is 16.9 Å². The third kappa shape index (κ3) is 7.60. The molecule has 3 heteroatoms. The minimum absolute atomic E-state index is 0.564. The lowest BCUT2D eigenvalue weighted by molar-refractivity contribution is 1.26. The van der Waals surface area contributed by atoms with E-state index in [4.69, 9.17) is 9.98 Å². The Hall–Kier alpha value is -7.49. The predicted octanol–water partition coefficient (Wildman–Crippen LogP) is 13.8. The van der Waals surface area contributed by atoms with Crippen LogP contribution in [0.5, 0.6) is 0 Å². The summed E-state index contributed by atoms with van der Waals surface area (Å²) in [6, 6.07) is 72.2. The van der Waals surface area contributed by atoms with Crippen molar-refractivity contribution in [2.24, 2.45) is 9.98 Å². The van der Waals surface area contributed by atoms with Crippen LogP contribution in [-0.2, 0) is 6.42 Å². The van der Waals surface area contributed by atoms with Gasteiger partial charge in [-0.15, -0.1) is 0 Å². The van der Waals surface area contributed by atoms with E-state index in [1.54, 1.807) is 0 Å². The SMILES string of the molecule is C=NC(=N/C(=C\Cc1cccc(-c2ccccc2)c1)c1cccc(-c2cc(-c3ccccc3)nc3ccc4ccccc4c23)c1)c1cccc(-c2ccccc2)c1. The molecule has 0 atom stereocenters. The number of hydrogen-bond donors (Lipinski definition) is 0. The zero-order chi connectivity index (χ0) is 38.4. The number of pyridine rings is 1. The second-order valence-corrected chi connectivity index (χ2v) is 14.1. The average Bonchev–Trinajstić information content (AvgIpc) is 3.29. The lowest BCUT2D eigenvalue weighted by atomic mass is 9.93. The van der Waals surface area contributed by atoms with Crippen LogP contribution in [0.25, 0.3) is 72.0 Å². The summed E-state index contributed by atoms with van der Waals surface area (Å²) in [5.74, 6) is 0.564. The van der Waals surface area contributed by atoms with Crippen LogP contribution in [0.4, 0.5) is 0 Å². The van der Waals surface area contributed by atoms with Crippen LogP contribution in [0, 0.1) is 0 Å². The fourth-order valence-electron chi connectivity index (χ4n) is 7.56. The van der Waals surface area contributed by atoms with Crippen molar-refractivity contribution in [2.75, 3.05) is 0 Å². The van der Waals surface area contributed by atoms with E-state index in [1.165, 1.54) is 27.5 Å². The monoisotopic (exact) mass is 729 g/mol. The average molecular weight is 730 g/mol. The van der Waals surface area contributed by atoms with Crippen molar-refractivity contribution < 1.29 is 0 Å². The van der Waals surface area contributed by atoms with Crippen LogP contribution in [0.3, 0.4) is 0 Å². The summed E-state index contributed by atoms with van der Waals surface area (Å²) in [5.41, 5.74) is 13.7. The molecule has 9 aromatic rings. The second-order valence-electron chi connectivity index (χ2n) is 14.1. The number of hydrogen-bond acceptors (Lipinski definition) is 2. The van der Waals surface area contributed by atoms with Crippen LogP contribution >= 0.6 is 0 Å². The van der Waals surface area contributed by atoms with E-state index in [-0.39, 0.29) is 0 Å². The molecule has 0 bridgehead atoms. The molecular formula is C54H39N3. The Morgan fingerprint density at radius 2 is 1.07 bits per heavy atom. The van der Waals surface area contributed by atoms with Crippen LogP contribution in [0.15, 0.2) is 222 Å². The number of nitrogens with zero attached hydrogens (tertiary/aromatic N) is 3. The fraction of sp³-hybridized carbons (Fsp3) is 0.0185. The lowest BCUT2D eigenvalue weighted by Gasteiger charge is -2.14. The Morgan fingerprint density at radius 3 is 1.79 bits per heavy atom. The number of aromatic nitrogens is 1. The molecule has 0 aliphatic heterocycles. The lowest BCUT2D eigenvalue weighted by Crippen LogP contribution is -1.99. The standard InChI is InChI=1S/C54H39N3/c1-55-54(47-28-14-25-44(35-47)40-19-7-3-8-20-40)57-50(32-30-38-16-13-24-43(34-38)39-17-5-2-6-18-39)46-27-15-26-45(36-46)49-37-52(42-22-9-4-10-23-42)56-51-33-31-41-21-11-12-29-48(41)53(49)51/h2-29,31-37H,1,30H2/b50-32-,57-54?. The first kappa shape index (κ1) is 35.2. The van der Waals surface area contributed by atoms with Gasteiger partial charge < -0.3 is 0 Å². The van der Waals surface area contributed by atoms with E-state index in [9.17, 15) is 0 Å². The molecule has 0 saturated heterocycles. The zero-order valence-corrected chi connectivity index (χ0v) is 31.5. The molecule has 1 aromatic heterocycles. The van der Waals surface area contributed by atoms with Gasteiger partial charge in [-0.1, -0.05) is 188 Å². The maximum absolute atomic E-state index is 5.31. The molecule has 0 unspecified atom stereocenters. The molecule has 0 fully saturated rings. The maximum Gasteiger partial charge on any atom is 0.159 e. The number of amidine groups is 1. The van der Waals surface area contributed by atoms with Crippen LogP contribution in [0.1, 0.15) is 16.7 Å². The van der Waals surface area contributed by atoms with E-state index < -0.39 is 0 Å². The summed E-state index contributed by atoms with van der Waals surface area (Å²) in [4.78, 5) is 15.0. The number of aliphatic imine (C=N–C) groups is 2. The van der Waals surface area contributed by atoms with Gasteiger partial charge in [-0.3, -0.25) is 0 Å². The number of fused-ring (bicyclic) bond motifs is 3. The minimum atomic E-state index is 0.564. The minimum Gasteiger partial charge on any atom is -0.248 e. The number of rotatable bonds is 9. The largest absolute Gasteiger partial charge is 0.248 e. The normalized spacial score (nSPS) is 11.9. The smallest absolute Gasteiger partial charge is 0.159 e. The molecule has 0 N–H and O–H groups in total. The highest BCUT2D eigenvalue weighted by atomic mass is 14.9.